The third-order valence-corrected chi connectivity index (χ3v) is 6.04. The molecule has 0 radical (unpaired) electrons. The number of halogens is 2. The average Bonchev–Trinajstić information content (AvgIpc) is 3.26. The molecule has 1 aromatic carbocycles. The highest BCUT2D eigenvalue weighted by molar-refractivity contribution is 6.37. The van der Waals surface area contributed by atoms with E-state index in [2.05, 4.69) is 10.4 Å². The minimum Gasteiger partial charge on any atom is -0.453 e. The number of nitrogens with zero attached hydrogens (tertiary/aromatic N) is 4. The van der Waals surface area contributed by atoms with E-state index in [9.17, 15) is 15.0 Å². The highest BCUT2D eigenvalue weighted by Gasteiger charge is 2.29. The van der Waals surface area contributed by atoms with Crippen LogP contribution in [0.4, 0.5) is 5.69 Å². The molecule has 2 aliphatic rings. The highest BCUT2D eigenvalue weighted by atomic mass is 35.5. The zero-order valence-corrected chi connectivity index (χ0v) is 18.4. The summed E-state index contributed by atoms with van der Waals surface area (Å²) in [5, 5.41) is 36.6. The Labute approximate surface area is 194 Å². The van der Waals surface area contributed by atoms with Gasteiger partial charge in [-0.05, 0) is 37.0 Å². The molecule has 0 bridgehead atoms. The summed E-state index contributed by atoms with van der Waals surface area (Å²) < 4.78 is 7.52. The van der Waals surface area contributed by atoms with Crippen LogP contribution in [0, 0.1) is 17.2 Å². The number of aromatic nitrogens is 1. The zero-order valence-electron chi connectivity index (χ0n) is 16.9. The number of aliphatic hydroxyl groups excluding tert-OH is 2. The fourth-order valence-corrected chi connectivity index (χ4v) is 4.43. The van der Waals surface area contributed by atoms with Crippen LogP contribution >= 0.6 is 23.2 Å². The highest BCUT2D eigenvalue weighted by Crippen LogP contribution is 2.40. The smallest absolute Gasteiger partial charge is 0.250 e. The van der Waals surface area contributed by atoms with Gasteiger partial charge in [0.05, 0.1) is 15.7 Å². The lowest BCUT2D eigenvalue weighted by Crippen LogP contribution is -2.55. The van der Waals surface area contributed by atoms with Gasteiger partial charge in [0.15, 0.2) is 17.7 Å². The Morgan fingerprint density at radius 3 is 2.56 bits per heavy atom. The second kappa shape index (κ2) is 9.48. The molecule has 2 atom stereocenters. The van der Waals surface area contributed by atoms with Crippen molar-refractivity contribution in [1.29, 1.82) is 5.26 Å². The van der Waals surface area contributed by atoms with Crippen molar-refractivity contribution in [1.82, 2.24) is 9.88 Å². The van der Waals surface area contributed by atoms with Crippen LogP contribution in [-0.2, 0) is 6.54 Å². The van der Waals surface area contributed by atoms with Gasteiger partial charge in [0.25, 0.3) is 5.56 Å². The lowest BCUT2D eigenvalue weighted by molar-refractivity contribution is 0.0631. The zero-order chi connectivity index (χ0) is 22.8. The summed E-state index contributed by atoms with van der Waals surface area (Å²) in [7, 11) is 0. The Morgan fingerprint density at radius 1 is 1.22 bits per heavy atom. The Bertz CT molecular complexity index is 1120. The van der Waals surface area contributed by atoms with Crippen molar-refractivity contribution in [2.24, 2.45) is 11.0 Å². The summed E-state index contributed by atoms with van der Waals surface area (Å²) >= 11 is 12.8. The fraction of sp³-hybridized carbons (Fsp3) is 0.381. The Balaban J connectivity index is 1.59. The van der Waals surface area contributed by atoms with E-state index in [1.54, 1.807) is 22.9 Å². The van der Waals surface area contributed by atoms with E-state index in [-0.39, 0.29) is 32.8 Å². The minimum absolute atomic E-state index is 0.100. The second-order valence-corrected chi connectivity index (χ2v) is 8.55. The summed E-state index contributed by atoms with van der Waals surface area (Å²) in [6.45, 7) is 0.640. The molecule has 4 rings (SSSR count). The molecule has 2 heterocycles. The molecule has 9 nitrogen and oxygen atoms in total. The predicted octanol–water partition coefficient (Wildman–Crippen LogP) is 3.02. The molecule has 0 amide bonds. The van der Waals surface area contributed by atoms with Gasteiger partial charge in [0.1, 0.15) is 11.8 Å². The van der Waals surface area contributed by atoms with Crippen LogP contribution in [-0.4, -0.2) is 33.1 Å². The molecule has 1 aromatic heterocycles. The van der Waals surface area contributed by atoms with E-state index in [0.717, 1.165) is 17.9 Å². The van der Waals surface area contributed by atoms with Crippen molar-refractivity contribution in [2.45, 2.75) is 44.8 Å². The number of hydrogen-bond acceptors (Lipinski definition) is 8. The summed E-state index contributed by atoms with van der Waals surface area (Å²) in [6.07, 6.45) is 3.45. The first-order valence-electron chi connectivity index (χ1n) is 10.1. The molecule has 0 spiro atoms. The molecule has 2 aromatic rings. The molecule has 1 aliphatic heterocycles. The van der Waals surface area contributed by atoms with Crippen LogP contribution in [0.5, 0.6) is 11.5 Å². The number of nitrogens with one attached hydrogen (secondary N) is 1. The third kappa shape index (κ3) is 4.75. The van der Waals surface area contributed by atoms with Crippen molar-refractivity contribution in [3.63, 3.8) is 0 Å². The molecule has 0 saturated heterocycles. The van der Waals surface area contributed by atoms with Crippen molar-refractivity contribution < 1.29 is 14.9 Å². The van der Waals surface area contributed by atoms with Gasteiger partial charge in [-0.1, -0.05) is 36.0 Å². The second-order valence-electron chi connectivity index (χ2n) is 7.73. The first-order valence-corrected chi connectivity index (χ1v) is 10.9. The van der Waals surface area contributed by atoms with Gasteiger partial charge in [0.2, 0.25) is 6.35 Å². The normalized spacial score (nSPS) is 21.3. The molecule has 168 valence electrons. The van der Waals surface area contributed by atoms with Crippen molar-refractivity contribution in [3.8, 4) is 17.6 Å². The summed E-state index contributed by atoms with van der Waals surface area (Å²) in [4.78, 5) is 12.2. The molecule has 11 heteroatoms. The van der Waals surface area contributed by atoms with Crippen LogP contribution in [0.2, 0.25) is 10.0 Å². The molecule has 1 fully saturated rings. The summed E-state index contributed by atoms with van der Waals surface area (Å²) in [6, 6.07) is 7.66. The number of ether oxygens (including phenoxy) is 1. The number of hydrazone groups is 1. The van der Waals surface area contributed by atoms with E-state index < -0.39 is 12.6 Å². The topological polar surface area (TPSA) is 123 Å². The predicted molar refractivity (Wildman–Crippen MR) is 120 cm³/mol. The number of aliphatic hydroxyl groups is 2. The van der Waals surface area contributed by atoms with Gasteiger partial charge >= 0.3 is 0 Å². The largest absolute Gasteiger partial charge is 0.453 e. The number of nitriles is 1. The van der Waals surface area contributed by atoms with Crippen molar-refractivity contribution in [3.05, 3.63) is 50.9 Å². The summed E-state index contributed by atoms with van der Waals surface area (Å²) in [5.41, 5.74) is -0.0534. The molecule has 1 saturated carbocycles. The van der Waals surface area contributed by atoms with Crippen LogP contribution < -0.4 is 20.6 Å². The third-order valence-electron chi connectivity index (χ3n) is 5.48. The van der Waals surface area contributed by atoms with Crippen LogP contribution in [0.25, 0.3) is 0 Å². The minimum atomic E-state index is -1.40. The number of anilines is 1. The quantitative estimate of drug-likeness (QED) is 0.604. The van der Waals surface area contributed by atoms with E-state index in [1.807, 2.05) is 0 Å². The first-order chi connectivity index (χ1) is 15.4. The van der Waals surface area contributed by atoms with Crippen LogP contribution in [0.3, 0.4) is 0 Å². The molecular weight excluding hydrogens is 457 g/mol. The van der Waals surface area contributed by atoms with E-state index in [4.69, 9.17) is 33.2 Å². The van der Waals surface area contributed by atoms with Crippen molar-refractivity contribution >= 4 is 34.6 Å². The van der Waals surface area contributed by atoms with Crippen LogP contribution in [0.15, 0.2) is 40.4 Å². The van der Waals surface area contributed by atoms with Gasteiger partial charge in [-0.15, -0.1) is 0 Å². The Morgan fingerprint density at radius 2 is 1.91 bits per heavy atom. The van der Waals surface area contributed by atoms with Gasteiger partial charge in [0, 0.05) is 18.8 Å². The molecular formula is C21H21Cl2N5O4. The lowest BCUT2D eigenvalue weighted by Gasteiger charge is -2.32. The fourth-order valence-electron chi connectivity index (χ4n) is 3.88. The average molecular weight is 478 g/mol. The van der Waals surface area contributed by atoms with E-state index >= 15 is 0 Å². The van der Waals surface area contributed by atoms with Gasteiger partial charge < -0.3 is 19.5 Å². The van der Waals surface area contributed by atoms with Gasteiger partial charge in [-0.3, -0.25) is 4.79 Å². The monoisotopic (exact) mass is 477 g/mol. The maximum Gasteiger partial charge on any atom is 0.250 e. The molecule has 32 heavy (non-hydrogen) atoms. The van der Waals surface area contributed by atoms with Crippen molar-refractivity contribution in [2.75, 3.05) is 5.01 Å². The number of hydrogen-bond donors (Lipinski definition) is 3. The lowest BCUT2D eigenvalue weighted by atomic mass is 10.1. The number of rotatable bonds is 5. The van der Waals surface area contributed by atoms with Gasteiger partial charge in [-0.25, -0.2) is 10.3 Å². The SMILES string of the molecule is N#CC1=NN(c2cc(Cl)c(Oc3ccc(=O)n(CC4CCCC4)c3)c(Cl)c2)C(O)NC1O. The maximum atomic E-state index is 12.2. The van der Waals surface area contributed by atoms with Crippen LogP contribution in [0.1, 0.15) is 25.7 Å². The Kier molecular flexibility index (Phi) is 6.69. The number of pyridine rings is 1. The molecule has 2 unspecified atom stereocenters. The first kappa shape index (κ1) is 22.6. The van der Waals surface area contributed by atoms with E-state index in [1.165, 1.54) is 31.0 Å². The summed E-state index contributed by atoms with van der Waals surface area (Å²) in [5.74, 6) is 1.07. The van der Waals surface area contributed by atoms with Gasteiger partial charge in [-0.2, -0.15) is 10.4 Å². The van der Waals surface area contributed by atoms with E-state index in [0.29, 0.717) is 18.2 Å². The molecule has 3 N–H and O–H groups in total. The maximum absolute atomic E-state index is 12.2. The Hall–Kier alpha value is -2.61. The molecule has 1 aliphatic carbocycles. The standard InChI is InChI=1S/C21H21Cl2N5O4/c22-15-7-13(28-21(31)25-20(30)17(9-24)26-28)8-16(23)19(15)32-14-5-6-18(29)27(11-14)10-12-3-1-2-4-12/h5-8,11-12,20-21,25,30-31H,1-4,10H2. The number of benzene rings is 1.